The maximum atomic E-state index is 11.2. The summed E-state index contributed by atoms with van der Waals surface area (Å²) in [4.78, 5) is 17.3. The molecular weight excluding hydrogens is 338 g/mol. The van der Waals surface area contributed by atoms with Gasteiger partial charge < -0.3 is 14.6 Å². The summed E-state index contributed by atoms with van der Waals surface area (Å²) in [5, 5.41) is 12.5. The van der Waals surface area contributed by atoms with Crippen LogP contribution in [0.3, 0.4) is 0 Å². The molecule has 0 amide bonds. The molecule has 4 rings (SSSR count). The molecule has 27 heavy (non-hydrogen) atoms. The smallest absolute Gasteiger partial charge is 0.168 e. The number of hydrogen-bond acceptors (Lipinski definition) is 4. The number of carbonyl (C=O) groups excluding carboxylic acids is 1. The first-order chi connectivity index (χ1) is 12.9. The van der Waals surface area contributed by atoms with Crippen molar-refractivity contribution >= 4 is 17.2 Å². The molecule has 1 aliphatic rings. The minimum Gasteiger partial charge on any atom is -0.384 e. The van der Waals surface area contributed by atoms with Gasteiger partial charge in [0.1, 0.15) is 11.3 Å². The highest BCUT2D eigenvalue weighted by molar-refractivity contribution is 5.86. The third kappa shape index (κ3) is 3.17. The maximum Gasteiger partial charge on any atom is 0.168 e. The Labute approximate surface area is 159 Å². The maximum absolute atomic E-state index is 11.2. The highest BCUT2D eigenvalue weighted by atomic mass is 16.3. The van der Waals surface area contributed by atoms with Crippen LogP contribution in [0, 0.1) is 6.92 Å². The third-order valence-electron chi connectivity index (χ3n) is 5.60. The minimum absolute atomic E-state index is 0.372. The Balaban J connectivity index is 1.80. The molecule has 1 unspecified atom stereocenters. The van der Waals surface area contributed by atoms with Crippen LogP contribution in [0.5, 0.6) is 0 Å². The van der Waals surface area contributed by atoms with Crippen molar-refractivity contribution in [1.29, 1.82) is 0 Å². The molecule has 0 saturated carbocycles. The van der Waals surface area contributed by atoms with E-state index >= 15 is 0 Å². The molecule has 0 bridgehead atoms. The van der Waals surface area contributed by atoms with Crippen LogP contribution in [0.25, 0.3) is 10.9 Å². The molecule has 0 radical (unpaired) electrons. The number of aryl methyl sites for hydroxylation is 1. The molecular formula is C22H25N3O2. The number of fused-ring (bicyclic) bond motifs is 3. The number of nitrogens with zero attached hydrogens (tertiary/aromatic N) is 3. The molecule has 2 aromatic heterocycles. The number of likely N-dealkylation sites (N-methyl/N-ethyl adjacent to an activating group) is 1. The van der Waals surface area contributed by atoms with Gasteiger partial charge in [-0.25, -0.2) is 0 Å². The molecule has 1 N–H and O–H groups in total. The molecule has 0 fully saturated rings. The number of hydrogen-bond donors (Lipinski definition) is 1. The van der Waals surface area contributed by atoms with E-state index in [9.17, 15) is 9.90 Å². The van der Waals surface area contributed by atoms with E-state index in [-0.39, 0.29) is 0 Å². The number of pyridine rings is 1. The van der Waals surface area contributed by atoms with E-state index in [1.165, 1.54) is 27.7 Å². The largest absolute Gasteiger partial charge is 0.384 e. The van der Waals surface area contributed by atoms with Crippen LogP contribution in [0.15, 0.2) is 36.5 Å². The Bertz CT molecular complexity index is 1000. The van der Waals surface area contributed by atoms with Crippen LogP contribution in [0.4, 0.5) is 0 Å². The summed E-state index contributed by atoms with van der Waals surface area (Å²) in [6.07, 6.45) is 3.28. The van der Waals surface area contributed by atoms with Gasteiger partial charge in [-0.1, -0.05) is 17.7 Å². The molecule has 1 aromatic carbocycles. The zero-order chi connectivity index (χ0) is 19.2. The van der Waals surface area contributed by atoms with Crippen LogP contribution in [-0.4, -0.2) is 39.4 Å². The second-order valence-corrected chi connectivity index (χ2v) is 7.88. The topological polar surface area (TPSA) is 58.4 Å². The standard InChI is InChI=1S/C22H25N3O2/c1-15-4-7-20-18(10-15)19-12-24(3)9-8-21(19)25(20)14-22(2,27)16-5-6-17(13-26)23-11-16/h4-7,10-11,13,27H,8-9,12,14H2,1-3H3. The highest BCUT2D eigenvalue weighted by Crippen LogP contribution is 2.34. The van der Waals surface area contributed by atoms with E-state index in [2.05, 4.69) is 46.6 Å². The Kier molecular flexibility index (Phi) is 4.36. The monoisotopic (exact) mass is 363 g/mol. The van der Waals surface area contributed by atoms with Crippen molar-refractivity contribution in [2.45, 2.75) is 39.0 Å². The molecule has 0 spiro atoms. The van der Waals surface area contributed by atoms with Crippen molar-refractivity contribution in [3.05, 3.63) is 64.6 Å². The van der Waals surface area contributed by atoms with Gasteiger partial charge in [-0.3, -0.25) is 9.78 Å². The zero-order valence-corrected chi connectivity index (χ0v) is 16.1. The first-order valence-electron chi connectivity index (χ1n) is 9.32. The van der Waals surface area contributed by atoms with Crippen molar-refractivity contribution in [2.24, 2.45) is 0 Å². The van der Waals surface area contributed by atoms with Gasteiger partial charge in [-0.2, -0.15) is 0 Å². The summed E-state index contributed by atoms with van der Waals surface area (Å²) in [7, 11) is 2.15. The van der Waals surface area contributed by atoms with Crippen LogP contribution in [-0.2, 0) is 25.1 Å². The van der Waals surface area contributed by atoms with E-state index in [0.29, 0.717) is 24.1 Å². The molecule has 3 heterocycles. The lowest BCUT2D eigenvalue weighted by molar-refractivity contribution is 0.0381. The van der Waals surface area contributed by atoms with Gasteiger partial charge >= 0.3 is 0 Å². The average molecular weight is 363 g/mol. The number of aliphatic hydroxyl groups is 1. The first-order valence-corrected chi connectivity index (χ1v) is 9.32. The quantitative estimate of drug-likeness (QED) is 0.724. The normalized spacial score (nSPS) is 16.9. The van der Waals surface area contributed by atoms with Gasteiger partial charge in [0.05, 0.1) is 6.54 Å². The number of aldehydes is 1. The number of rotatable bonds is 4. The third-order valence-corrected chi connectivity index (χ3v) is 5.60. The van der Waals surface area contributed by atoms with Gasteiger partial charge in [0.2, 0.25) is 0 Å². The van der Waals surface area contributed by atoms with Crippen LogP contribution in [0.1, 0.15) is 39.8 Å². The number of aromatic nitrogens is 2. The molecule has 0 aliphatic carbocycles. The number of carbonyl (C=O) groups is 1. The van der Waals surface area contributed by atoms with Gasteiger partial charge in [-0.05, 0) is 44.7 Å². The highest BCUT2D eigenvalue weighted by Gasteiger charge is 2.29. The first kappa shape index (κ1) is 17.9. The minimum atomic E-state index is -1.08. The molecule has 1 aliphatic heterocycles. The second kappa shape index (κ2) is 6.59. The lowest BCUT2D eigenvalue weighted by Gasteiger charge is -2.28. The van der Waals surface area contributed by atoms with Crippen LogP contribution in [0.2, 0.25) is 0 Å². The lowest BCUT2D eigenvalue weighted by atomic mass is 9.97. The predicted octanol–water partition coefficient (Wildman–Crippen LogP) is 3.05. The second-order valence-electron chi connectivity index (χ2n) is 7.88. The van der Waals surface area contributed by atoms with E-state index in [0.717, 1.165) is 19.5 Å². The number of benzene rings is 1. The van der Waals surface area contributed by atoms with E-state index in [4.69, 9.17) is 0 Å². The molecule has 0 saturated heterocycles. The Morgan fingerprint density at radius 1 is 1.30 bits per heavy atom. The summed E-state index contributed by atoms with van der Waals surface area (Å²) in [5.74, 6) is 0. The van der Waals surface area contributed by atoms with Crippen molar-refractivity contribution < 1.29 is 9.90 Å². The molecule has 1 atom stereocenters. The zero-order valence-electron chi connectivity index (χ0n) is 16.1. The fourth-order valence-corrected chi connectivity index (χ4v) is 4.07. The van der Waals surface area contributed by atoms with E-state index < -0.39 is 5.60 Å². The van der Waals surface area contributed by atoms with Crippen molar-refractivity contribution in [3.8, 4) is 0 Å². The van der Waals surface area contributed by atoms with Gasteiger partial charge in [-0.15, -0.1) is 0 Å². The molecule has 5 nitrogen and oxygen atoms in total. The van der Waals surface area contributed by atoms with Crippen LogP contribution < -0.4 is 0 Å². The predicted molar refractivity (Wildman–Crippen MR) is 106 cm³/mol. The van der Waals surface area contributed by atoms with Crippen molar-refractivity contribution in [3.63, 3.8) is 0 Å². The summed E-state index contributed by atoms with van der Waals surface area (Å²) in [5.41, 5.74) is 5.09. The van der Waals surface area contributed by atoms with Crippen LogP contribution >= 0.6 is 0 Å². The summed E-state index contributed by atoms with van der Waals surface area (Å²) in [6, 6.07) is 9.97. The lowest BCUT2D eigenvalue weighted by Crippen LogP contribution is -2.31. The van der Waals surface area contributed by atoms with Gasteiger partial charge in [0.25, 0.3) is 0 Å². The van der Waals surface area contributed by atoms with Gasteiger partial charge in [0, 0.05) is 47.9 Å². The molecule has 5 heteroatoms. The molecule has 140 valence electrons. The molecule has 3 aromatic rings. The van der Waals surface area contributed by atoms with Crippen molar-refractivity contribution in [1.82, 2.24) is 14.5 Å². The Hall–Kier alpha value is -2.50. The summed E-state index contributed by atoms with van der Waals surface area (Å²) in [6.45, 7) is 6.33. The van der Waals surface area contributed by atoms with Crippen molar-refractivity contribution in [2.75, 3.05) is 13.6 Å². The Morgan fingerprint density at radius 3 is 2.81 bits per heavy atom. The fraction of sp³-hybridized carbons (Fsp3) is 0.364. The van der Waals surface area contributed by atoms with E-state index in [1.807, 2.05) is 6.92 Å². The average Bonchev–Trinajstić information content (AvgIpc) is 2.94. The summed E-state index contributed by atoms with van der Waals surface area (Å²) >= 11 is 0. The van der Waals surface area contributed by atoms with Gasteiger partial charge in [0.15, 0.2) is 6.29 Å². The SMILES string of the molecule is Cc1ccc2c(c1)c1c(n2CC(C)(O)c2ccc(C=O)nc2)CCN(C)C1. The Morgan fingerprint density at radius 2 is 2.11 bits per heavy atom. The fourth-order valence-electron chi connectivity index (χ4n) is 4.07. The van der Waals surface area contributed by atoms with E-state index in [1.54, 1.807) is 18.3 Å². The summed E-state index contributed by atoms with van der Waals surface area (Å²) < 4.78 is 2.27.